The summed E-state index contributed by atoms with van der Waals surface area (Å²) in [6, 6.07) is 0.263. The first-order valence-electron chi connectivity index (χ1n) is 5.99. The number of hydrogen-bond donors (Lipinski definition) is 1. The summed E-state index contributed by atoms with van der Waals surface area (Å²) in [5, 5.41) is 3.27. The molecule has 0 aliphatic carbocycles. The molecule has 1 saturated heterocycles. The Bertz CT molecular complexity index is 424. The Kier molecular flexibility index (Phi) is 3.91. The molecule has 1 aliphatic rings. The third-order valence-electron chi connectivity index (χ3n) is 3.28. The van der Waals surface area contributed by atoms with Gasteiger partial charge in [0.2, 0.25) is 0 Å². The van der Waals surface area contributed by atoms with Crippen LogP contribution >= 0.6 is 0 Å². The van der Waals surface area contributed by atoms with Crippen molar-refractivity contribution < 1.29 is 4.74 Å². The average molecular weight is 237 g/mol. The maximum Gasteiger partial charge on any atom is 0.347 e. The second kappa shape index (κ2) is 5.42. The second-order valence-electron chi connectivity index (χ2n) is 4.59. The maximum atomic E-state index is 11.6. The van der Waals surface area contributed by atoms with Crippen LogP contribution in [0.15, 0.2) is 17.2 Å². The molecule has 1 N–H and O–H groups in total. The fourth-order valence-corrected chi connectivity index (χ4v) is 2.25. The predicted octanol–water partition coefficient (Wildman–Crippen LogP) is 0.176. The molecule has 2 heterocycles. The molecule has 0 spiro atoms. The van der Waals surface area contributed by atoms with E-state index >= 15 is 0 Å². The molecule has 1 aromatic rings. The van der Waals surface area contributed by atoms with Crippen LogP contribution < -0.4 is 11.0 Å². The summed E-state index contributed by atoms with van der Waals surface area (Å²) in [5.41, 5.74) is 0.817. The molecule has 0 radical (unpaired) electrons. The van der Waals surface area contributed by atoms with E-state index in [9.17, 15) is 4.79 Å². The Morgan fingerprint density at radius 3 is 3.18 bits per heavy atom. The van der Waals surface area contributed by atoms with E-state index in [4.69, 9.17) is 4.74 Å². The van der Waals surface area contributed by atoms with Gasteiger partial charge in [0.1, 0.15) is 0 Å². The Hall–Kier alpha value is -1.20. The quantitative estimate of drug-likeness (QED) is 0.811. The van der Waals surface area contributed by atoms with E-state index in [1.807, 2.05) is 20.2 Å². The van der Waals surface area contributed by atoms with Gasteiger partial charge in [0, 0.05) is 37.5 Å². The number of aromatic nitrogens is 2. The molecule has 2 unspecified atom stereocenters. The number of aryl methyl sites for hydroxylation is 1. The molecule has 0 aromatic carbocycles. The molecule has 0 bridgehead atoms. The Morgan fingerprint density at radius 2 is 2.53 bits per heavy atom. The number of likely N-dealkylation sites (N-methyl/N-ethyl adjacent to an activating group) is 1. The highest BCUT2D eigenvalue weighted by molar-refractivity contribution is 5.00. The lowest BCUT2D eigenvalue weighted by molar-refractivity contribution is 0.174. The van der Waals surface area contributed by atoms with Crippen molar-refractivity contribution in [2.75, 3.05) is 20.3 Å². The zero-order chi connectivity index (χ0) is 12.3. The Balaban J connectivity index is 2.11. The molecule has 94 valence electrons. The minimum absolute atomic E-state index is 0.185. The van der Waals surface area contributed by atoms with Crippen molar-refractivity contribution in [2.45, 2.75) is 25.9 Å². The SMILES string of the molecule is CNC(Cn1cc(C)cnc1=O)C1CCOC1. The molecule has 5 nitrogen and oxygen atoms in total. The first-order chi connectivity index (χ1) is 8.20. The third kappa shape index (κ3) is 2.92. The van der Waals surface area contributed by atoms with E-state index in [2.05, 4.69) is 10.3 Å². The van der Waals surface area contributed by atoms with Gasteiger partial charge in [-0.3, -0.25) is 4.57 Å². The van der Waals surface area contributed by atoms with Crippen molar-refractivity contribution in [1.82, 2.24) is 14.9 Å². The van der Waals surface area contributed by atoms with E-state index < -0.39 is 0 Å². The average Bonchev–Trinajstić information content (AvgIpc) is 2.84. The summed E-state index contributed by atoms with van der Waals surface area (Å²) >= 11 is 0. The smallest absolute Gasteiger partial charge is 0.347 e. The van der Waals surface area contributed by atoms with E-state index in [1.54, 1.807) is 10.8 Å². The van der Waals surface area contributed by atoms with Gasteiger partial charge in [-0.05, 0) is 26.0 Å². The molecule has 1 aliphatic heterocycles. The molecule has 0 saturated carbocycles. The zero-order valence-corrected chi connectivity index (χ0v) is 10.3. The normalized spacial score (nSPS) is 21.6. The highest BCUT2D eigenvalue weighted by Crippen LogP contribution is 2.17. The fourth-order valence-electron chi connectivity index (χ4n) is 2.25. The first-order valence-corrected chi connectivity index (χ1v) is 5.99. The lowest BCUT2D eigenvalue weighted by Crippen LogP contribution is -2.40. The van der Waals surface area contributed by atoms with E-state index in [1.165, 1.54) is 0 Å². The van der Waals surface area contributed by atoms with Crippen molar-refractivity contribution >= 4 is 0 Å². The Labute approximate surface area is 101 Å². The minimum Gasteiger partial charge on any atom is -0.381 e. The van der Waals surface area contributed by atoms with Gasteiger partial charge in [0.15, 0.2) is 0 Å². The van der Waals surface area contributed by atoms with Crippen LogP contribution in [0.3, 0.4) is 0 Å². The minimum atomic E-state index is -0.185. The summed E-state index contributed by atoms with van der Waals surface area (Å²) < 4.78 is 7.06. The summed E-state index contributed by atoms with van der Waals surface area (Å²) in [4.78, 5) is 15.5. The van der Waals surface area contributed by atoms with Crippen LogP contribution in [0.4, 0.5) is 0 Å². The molecule has 1 fully saturated rings. The van der Waals surface area contributed by atoms with Gasteiger partial charge in [-0.15, -0.1) is 0 Å². The van der Waals surface area contributed by atoms with Gasteiger partial charge in [0.05, 0.1) is 6.61 Å². The molecule has 0 amide bonds. The van der Waals surface area contributed by atoms with Gasteiger partial charge in [-0.25, -0.2) is 9.78 Å². The van der Waals surface area contributed by atoms with Crippen LogP contribution in [-0.4, -0.2) is 35.9 Å². The molecule has 2 atom stereocenters. The van der Waals surface area contributed by atoms with Crippen molar-refractivity contribution in [3.63, 3.8) is 0 Å². The standard InChI is InChI=1S/C12H19N3O2/c1-9-5-14-12(16)15(6-9)7-11(13-2)10-3-4-17-8-10/h5-6,10-11,13H,3-4,7-8H2,1-2H3. The van der Waals surface area contributed by atoms with Crippen molar-refractivity contribution in [2.24, 2.45) is 5.92 Å². The van der Waals surface area contributed by atoms with Crippen molar-refractivity contribution in [1.29, 1.82) is 0 Å². The van der Waals surface area contributed by atoms with Crippen LogP contribution in [0.2, 0.25) is 0 Å². The summed E-state index contributed by atoms with van der Waals surface area (Å²) in [7, 11) is 1.93. The third-order valence-corrected chi connectivity index (χ3v) is 3.28. The molecular weight excluding hydrogens is 218 g/mol. The van der Waals surface area contributed by atoms with Crippen molar-refractivity contribution in [3.8, 4) is 0 Å². The fraction of sp³-hybridized carbons (Fsp3) is 0.667. The summed E-state index contributed by atoms with van der Waals surface area (Å²) in [6.07, 6.45) is 4.51. The Morgan fingerprint density at radius 1 is 1.71 bits per heavy atom. The van der Waals surface area contributed by atoms with E-state index in [-0.39, 0.29) is 11.7 Å². The lowest BCUT2D eigenvalue weighted by Gasteiger charge is -2.22. The molecule has 5 heteroatoms. The number of nitrogens with one attached hydrogen (secondary N) is 1. The monoisotopic (exact) mass is 237 g/mol. The van der Waals surface area contributed by atoms with Crippen LogP contribution in [0, 0.1) is 12.8 Å². The summed E-state index contributed by atoms with van der Waals surface area (Å²) in [6.45, 7) is 4.19. The van der Waals surface area contributed by atoms with Crippen molar-refractivity contribution in [3.05, 3.63) is 28.4 Å². The first kappa shape index (κ1) is 12.3. The lowest BCUT2D eigenvalue weighted by atomic mass is 9.99. The molecule has 1 aromatic heterocycles. The number of nitrogens with zero attached hydrogens (tertiary/aromatic N) is 2. The van der Waals surface area contributed by atoms with E-state index in [0.717, 1.165) is 25.2 Å². The second-order valence-corrected chi connectivity index (χ2v) is 4.59. The number of hydrogen-bond acceptors (Lipinski definition) is 4. The van der Waals surface area contributed by atoms with Crippen LogP contribution in [0.25, 0.3) is 0 Å². The molecule has 2 rings (SSSR count). The van der Waals surface area contributed by atoms with E-state index in [0.29, 0.717) is 12.5 Å². The highest BCUT2D eigenvalue weighted by atomic mass is 16.5. The largest absolute Gasteiger partial charge is 0.381 e. The van der Waals surface area contributed by atoms with Crippen LogP contribution in [0.5, 0.6) is 0 Å². The van der Waals surface area contributed by atoms with Gasteiger partial charge in [-0.2, -0.15) is 0 Å². The van der Waals surface area contributed by atoms with Gasteiger partial charge in [-0.1, -0.05) is 0 Å². The van der Waals surface area contributed by atoms with Gasteiger partial charge >= 0.3 is 5.69 Å². The van der Waals surface area contributed by atoms with Crippen LogP contribution in [0.1, 0.15) is 12.0 Å². The van der Waals surface area contributed by atoms with Gasteiger partial charge < -0.3 is 10.1 Å². The van der Waals surface area contributed by atoms with Gasteiger partial charge in [0.25, 0.3) is 0 Å². The topological polar surface area (TPSA) is 56.2 Å². The predicted molar refractivity (Wildman–Crippen MR) is 65.0 cm³/mol. The number of rotatable bonds is 4. The highest BCUT2D eigenvalue weighted by Gasteiger charge is 2.25. The maximum absolute atomic E-state index is 11.6. The number of ether oxygens (including phenoxy) is 1. The zero-order valence-electron chi connectivity index (χ0n) is 10.3. The molecular formula is C12H19N3O2. The summed E-state index contributed by atoms with van der Waals surface area (Å²) in [5.74, 6) is 0.479. The van der Waals surface area contributed by atoms with Crippen LogP contribution in [-0.2, 0) is 11.3 Å². The molecule has 17 heavy (non-hydrogen) atoms.